The largest absolute Gasteiger partial charge is 0.393 e. The quantitative estimate of drug-likeness (QED) is 0.811. The maximum Gasteiger partial charge on any atom is 0.0564 e. The highest BCUT2D eigenvalue weighted by atomic mass is 32.1. The van der Waals surface area contributed by atoms with E-state index in [-0.39, 0.29) is 6.10 Å². The zero-order chi connectivity index (χ0) is 9.97. The average Bonchev–Trinajstić information content (AvgIpc) is 2.71. The van der Waals surface area contributed by atoms with Gasteiger partial charge in [0.1, 0.15) is 0 Å². The lowest BCUT2D eigenvalue weighted by atomic mass is 10.1. The summed E-state index contributed by atoms with van der Waals surface area (Å²) in [7, 11) is 0. The van der Waals surface area contributed by atoms with Crippen molar-refractivity contribution in [1.82, 2.24) is 4.90 Å². The molecule has 0 aromatic carbocycles. The third-order valence-corrected chi connectivity index (χ3v) is 4.04. The molecule has 0 aliphatic carbocycles. The number of rotatable bonds is 2. The highest BCUT2D eigenvalue weighted by Crippen LogP contribution is 2.27. The van der Waals surface area contributed by atoms with E-state index in [4.69, 9.17) is 0 Å². The van der Waals surface area contributed by atoms with Gasteiger partial charge in [-0.1, -0.05) is 6.07 Å². The van der Waals surface area contributed by atoms with Crippen molar-refractivity contribution < 1.29 is 5.11 Å². The topological polar surface area (TPSA) is 23.5 Å². The number of nitrogens with zero attached hydrogens (tertiary/aromatic N) is 1. The van der Waals surface area contributed by atoms with Crippen LogP contribution in [0.3, 0.4) is 0 Å². The Balaban J connectivity index is 1.95. The molecule has 1 fully saturated rings. The Kier molecular flexibility index (Phi) is 3.21. The molecule has 0 unspecified atom stereocenters. The van der Waals surface area contributed by atoms with E-state index in [0.717, 1.165) is 25.9 Å². The number of hydrogen-bond donors (Lipinski definition) is 1. The van der Waals surface area contributed by atoms with Gasteiger partial charge >= 0.3 is 0 Å². The lowest BCUT2D eigenvalue weighted by Crippen LogP contribution is -2.37. The summed E-state index contributed by atoms with van der Waals surface area (Å²) in [6.07, 6.45) is 1.78. The van der Waals surface area contributed by atoms with Crippen LogP contribution in [0, 0.1) is 0 Å². The van der Waals surface area contributed by atoms with Crippen LogP contribution in [0.25, 0.3) is 0 Å². The van der Waals surface area contributed by atoms with Crippen LogP contribution in [-0.4, -0.2) is 29.2 Å². The lowest BCUT2D eigenvalue weighted by Gasteiger charge is -2.33. The number of thiophene rings is 1. The average molecular weight is 211 g/mol. The fourth-order valence-electron chi connectivity index (χ4n) is 1.98. The maximum atomic E-state index is 9.42. The molecule has 0 radical (unpaired) electrons. The highest BCUT2D eigenvalue weighted by molar-refractivity contribution is 7.10. The summed E-state index contributed by atoms with van der Waals surface area (Å²) in [4.78, 5) is 3.89. The molecule has 1 N–H and O–H groups in total. The van der Waals surface area contributed by atoms with Crippen LogP contribution in [0.2, 0.25) is 0 Å². The molecule has 1 saturated heterocycles. The fourth-order valence-corrected chi connectivity index (χ4v) is 2.80. The molecule has 0 spiro atoms. The van der Waals surface area contributed by atoms with E-state index in [1.807, 2.05) is 11.3 Å². The van der Waals surface area contributed by atoms with Crippen molar-refractivity contribution in [2.24, 2.45) is 0 Å². The molecule has 1 aromatic heterocycles. The van der Waals surface area contributed by atoms with E-state index in [9.17, 15) is 5.11 Å². The molecule has 2 rings (SSSR count). The molecule has 1 atom stereocenters. The molecule has 1 aromatic rings. The molecule has 1 aliphatic heterocycles. The van der Waals surface area contributed by atoms with Crippen LogP contribution in [0.4, 0.5) is 0 Å². The molecule has 0 bridgehead atoms. The summed E-state index contributed by atoms with van der Waals surface area (Å²) in [5.41, 5.74) is 0. The van der Waals surface area contributed by atoms with Gasteiger partial charge in [-0.3, -0.25) is 4.90 Å². The second-order valence-corrected chi connectivity index (χ2v) is 4.94. The predicted molar refractivity (Wildman–Crippen MR) is 59.5 cm³/mol. The Morgan fingerprint density at radius 2 is 2.21 bits per heavy atom. The second kappa shape index (κ2) is 4.43. The Morgan fingerprint density at radius 1 is 1.50 bits per heavy atom. The molecule has 0 saturated carbocycles. The SMILES string of the molecule is C[C@H](c1cccs1)N1CCC(O)CC1. The zero-order valence-electron chi connectivity index (χ0n) is 8.52. The van der Waals surface area contributed by atoms with E-state index in [2.05, 4.69) is 29.3 Å². The standard InChI is InChI=1S/C11H17NOS/c1-9(11-3-2-8-14-11)12-6-4-10(13)5-7-12/h2-3,8-10,13H,4-7H2,1H3/t9-/m1/s1. The van der Waals surface area contributed by atoms with Crippen molar-refractivity contribution in [3.63, 3.8) is 0 Å². The Labute approximate surface area is 89.2 Å². The maximum absolute atomic E-state index is 9.42. The normalized spacial score (nSPS) is 22.4. The van der Waals surface area contributed by atoms with Crippen molar-refractivity contribution >= 4 is 11.3 Å². The molecular formula is C11H17NOS. The van der Waals surface area contributed by atoms with E-state index < -0.39 is 0 Å². The Hall–Kier alpha value is -0.380. The number of likely N-dealkylation sites (tertiary alicyclic amines) is 1. The van der Waals surface area contributed by atoms with Gasteiger partial charge in [-0.2, -0.15) is 0 Å². The van der Waals surface area contributed by atoms with E-state index in [0.29, 0.717) is 6.04 Å². The zero-order valence-corrected chi connectivity index (χ0v) is 9.33. The Morgan fingerprint density at radius 3 is 2.79 bits per heavy atom. The summed E-state index contributed by atoms with van der Waals surface area (Å²) < 4.78 is 0. The molecule has 3 heteroatoms. The lowest BCUT2D eigenvalue weighted by molar-refractivity contribution is 0.0653. The van der Waals surface area contributed by atoms with E-state index in [1.54, 1.807) is 0 Å². The first-order valence-electron chi connectivity index (χ1n) is 5.23. The molecular weight excluding hydrogens is 194 g/mol. The number of aliphatic hydroxyl groups is 1. The molecule has 14 heavy (non-hydrogen) atoms. The fraction of sp³-hybridized carbons (Fsp3) is 0.636. The van der Waals surface area contributed by atoms with Gasteiger partial charge in [0.05, 0.1) is 6.10 Å². The van der Waals surface area contributed by atoms with Crippen molar-refractivity contribution in [3.05, 3.63) is 22.4 Å². The highest BCUT2D eigenvalue weighted by Gasteiger charge is 2.22. The Bertz CT molecular complexity index is 265. The smallest absolute Gasteiger partial charge is 0.0564 e. The summed E-state index contributed by atoms with van der Waals surface area (Å²) in [6.45, 7) is 4.31. The van der Waals surface area contributed by atoms with Crippen LogP contribution in [0.5, 0.6) is 0 Å². The predicted octanol–water partition coefficient (Wildman–Crippen LogP) is 2.27. The molecule has 2 nitrogen and oxygen atoms in total. The monoisotopic (exact) mass is 211 g/mol. The summed E-state index contributed by atoms with van der Waals surface area (Å²) in [5.74, 6) is 0. The third-order valence-electron chi connectivity index (χ3n) is 3.00. The van der Waals surface area contributed by atoms with Gasteiger partial charge < -0.3 is 5.11 Å². The number of piperidine rings is 1. The van der Waals surface area contributed by atoms with Crippen LogP contribution in [0.15, 0.2) is 17.5 Å². The second-order valence-electron chi connectivity index (χ2n) is 3.96. The third kappa shape index (κ3) is 2.16. The van der Waals surface area contributed by atoms with Gasteiger partial charge in [-0.05, 0) is 31.2 Å². The minimum absolute atomic E-state index is 0.0678. The van der Waals surface area contributed by atoms with Gasteiger partial charge in [0.25, 0.3) is 0 Å². The van der Waals surface area contributed by atoms with Gasteiger partial charge in [-0.15, -0.1) is 11.3 Å². The van der Waals surface area contributed by atoms with Crippen LogP contribution in [-0.2, 0) is 0 Å². The first-order chi connectivity index (χ1) is 6.77. The minimum Gasteiger partial charge on any atom is -0.393 e. The van der Waals surface area contributed by atoms with Gasteiger partial charge in [0, 0.05) is 24.0 Å². The van der Waals surface area contributed by atoms with E-state index >= 15 is 0 Å². The summed E-state index contributed by atoms with van der Waals surface area (Å²) in [6, 6.07) is 4.82. The van der Waals surface area contributed by atoms with Gasteiger partial charge in [0.2, 0.25) is 0 Å². The van der Waals surface area contributed by atoms with Gasteiger partial charge in [0.15, 0.2) is 0 Å². The molecule has 1 aliphatic rings. The van der Waals surface area contributed by atoms with Crippen LogP contribution < -0.4 is 0 Å². The van der Waals surface area contributed by atoms with Gasteiger partial charge in [-0.25, -0.2) is 0 Å². The van der Waals surface area contributed by atoms with Crippen molar-refractivity contribution in [3.8, 4) is 0 Å². The van der Waals surface area contributed by atoms with E-state index in [1.165, 1.54) is 4.88 Å². The number of hydrogen-bond acceptors (Lipinski definition) is 3. The first-order valence-corrected chi connectivity index (χ1v) is 6.11. The summed E-state index contributed by atoms with van der Waals surface area (Å²) >= 11 is 1.82. The molecule has 78 valence electrons. The van der Waals surface area contributed by atoms with Crippen LogP contribution >= 0.6 is 11.3 Å². The van der Waals surface area contributed by atoms with Crippen molar-refractivity contribution in [1.29, 1.82) is 0 Å². The molecule has 0 amide bonds. The van der Waals surface area contributed by atoms with Crippen LogP contribution in [0.1, 0.15) is 30.7 Å². The van der Waals surface area contributed by atoms with Crippen molar-refractivity contribution in [2.45, 2.75) is 31.9 Å². The first kappa shape index (κ1) is 10.1. The van der Waals surface area contributed by atoms with Crippen molar-refractivity contribution in [2.75, 3.05) is 13.1 Å². The number of aliphatic hydroxyl groups excluding tert-OH is 1. The minimum atomic E-state index is -0.0678. The summed E-state index contributed by atoms with van der Waals surface area (Å²) in [5, 5.41) is 11.5. The molecule has 2 heterocycles.